The van der Waals surface area contributed by atoms with Crippen molar-refractivity contribution in [1.29, 1.82) is 0 Å². The minimum absolute atomic E-state index is 0.211. The normalized spacial score (nSPS) is 13.6. The van der Waals surface area contributed by atoms with Crippen molar-refractivity contribution < 1.29 is 8.78 Å². The average molecular weight is 470 g/mol. The Balaban J connectivity index is 1.51. The highest BCUT2D eigenvalue weighted by atomic mass is 35.5. The zero-order valence-electron chi connectivity index (χ0n) is 18.1. The lowest BCUT2D eigenvalue weighted by Crippen LogP contribution is -2.09. The number of anilines is 2. The van der Waals surface area contributed by atoms with Gasteiger partial charge in [0.2, 0.25) is 0 Å². The van der Waals surface area contributed by atoms with E-state index in [0.717, 1.165) is 33.9 Å². The maximum atomic E-state index is 13.5. The number of nitrogens with one attached hydrogen (secondary N) is 1. The lowest BCUT2D eigenvalue weighted by molar-refractivity contribution is 0.142. The van der Waals surface area contributed by atoms with E-state index >= 15 is 0 Å². The van der Waals surface area contributed by atoms with Crippen molar-refractivity contribution in [2.45, 2.75) is 39.7 Å². The maximum absolute atomic E-state index is 13.5. The zero-order valence-corrected chi connectivity index (χ0v) is 18.9. The first kappa shape index (κ1) is 21.5. The second-order valence-electron chi connectivity index (χ2n) is 8.26. The summed E-state index contributed by atoms with van der Waals surface area (Å²) in [6.45, 7) is 4.46. The molecule has 3 aromatic heterocycles. The largest absolute Gasteiger partial charge is 0.325 e. The summed E-state index contributed by atoms with van der Waals surface area (Å²) < 4.78 is 30.0. The number of alkyl halides is 2. The number of rotatable bonds is 7. The molecule has 5 rings (SSSR count). The molecular weight excluding hydrogens is 448 g/mol. The molecule has 1 aliphatic rings. The van der Waals surface area contributed by atoms with Crippen molar-refractivity contribution in [1.82, 2.24) is 29.5 Å². The highest BCUT2D eigenvalue weighted by Gasteiger charge is 2.26. The molecule has 10 heteroatoms. The predicted molar refractivity (Wildman–Crippen MR) is 122 cm³/mol. The van der Waals surface area contributed by atoms with E-state index in [2.05, 4.69) is 20.4 Å². The summed E-state index contributed by atoms with van der Waals surface area (Å²) in [7, 11) is 0. The number of hydrogen-bond acceptors (Lipinski definition) is 5. The summed E-state index contributed by atoms with van der Waals surface area (Å²) in [6.07, 6.45) is 1.03. The maximum Gasteiger partial charge on any atom is 0.280 e. The van der Waals surface area contributed by atoms with Gasteiger partial charge in [0.1, 0.15) is 23.7 Å². The van der Waals surface area contributed by atoms with E-state index in [4.69, 9.17) is 16.7 Å². The van der Waals surface area contributed by atoms with Crippen LogP contribution < -0.4 is 5.32 Å². The molecule has 170 valence electrons. The second-order valence-corrected chi connectivity index (χ2v) is 8.70. The minimum Gasteiger partial charge on any atom is -0.325 e. The van der Waals surface area contributed by atoms with Crippen molar-refractivity contribution in [3.63, 3.8) is 0 Å². The summed E-state index contributed by atoms with van der Waals surface area (Å²) in [5, 5.41) is 13.0. The third kappa shape index (κ3) is 4.45. The summed E-state index contributed by atoms with van der Waals surface area (Å²) in [5.74, 6) is 2.14. The van der Waals surface area contributed by atoms with Crippen molar-refractivity contribution in [2.24, 2.45) is 5.92 Å². The molecule has 33 heavy (non-hydrogen) atoms. The summed E-state index contributed by atoms with van der Waals surface area (Å²) >= 11 is 6.05. The molecule has 0 saturated heterocycles. The molecule has 0 spiro atoms. The Bertz CT molecular complexity index is 1290. The van der Waals surface area contributed by atoms with Crippen molar-refractivity contribution in [3.05, 3.63) is 64.7 Å². The Morgan fingerprint density at radius 3 is 2.55 bits per heavy atom. The molecule has 0 bridgehead atoms. The lowest BCUT2D eigenvalue weighted by Gasteiger charge is -2.11. The molecule has 1 saturated carbocycles. The van der Waals surface area contributed by atoms with E-state index < -0.39 is 6.43 Å². The van der Waals surface area contributed by atoms with Gasteiger partial charge in [-0.1, -0.05) is 23.7 Å². The van der Waals surface area contributed by atoms with Crippen LogP contribution in [0.1, 0.15) is 36.2 Å². The molecule has 1 aromatic carbocycles. The van der Waals surface area contributed by atoms with Gasteiger partial charge in [0.15, 0.2) is 5.82 Å². The van der Waals surface area contributed by atoms with Gasteiger partial charge in [-0.3, -0.25) is 0 Å². The minimum atomic E-state index is -2.67. The van der Waals surface area contributed by atoms with E-state index in [-0.39, 0.29) is 11.5 Å². The zero-order chi connectivity index (χ0) is 23.1. The van der Waals surface area contributed by atoms with Gasteiger partial charge in [-0.05, 0) is 50.8 Å². The molecule has 3 heterocycles. The number of halogens is 3. The summed E-state index contributed by atoms with van der Waals surface area (Å²) in [6, 6.07) is 10.5. The van der Waals surface area contributed by atoms with Crippen LogP contribution in [0.3, 0.4) is 0 Å². The van der Waals surface area contributed by atoms with E-state index in [9.17, 15) is 8.78 Å². The first-order valence-corrected chi connectivity index (χ1v) is 11.0. The van der Waals surface area contributed by atoms with Crippen LogP contribution in [0, 0.1) is 19.8 Å². The first-order valence-electron chi connectivity index (χ1n) is 10.7. The fraction of sp³-hybridized carbons (Fsp3) is 0.304. The van der Waals surface area contributed by atoms with Gasteiger partial charge in [0.05, 0.1) is 11.4 Å². The molecule has 0 amide bonds. The lowest BCUT2D eigenvalue weighted by atomic mass is 10.1. The smallest absolute Gasteiger partial charge is 0.280 e. The number of nitrogens with zero attached hydrogens (tertiary/aromatic N) is 6. The van der Waals surface area contributed by atoms with Gasteiger partial charge >= 0.3 is 0 Å². The fourth-order valence-electron chi connectivity index (χ4n) is 3.78. The Labute approximate surface area is 194 Å². The van der Waals surface area contributed by atoms with Crippen LogP contribution in [-0.2, 0) is 6.54 Å². The summed E-state index contributed by atoms with van der Waals surface area (Å²) in [4.78, 5) is 8.46. The van der Waals surface area contributed by atoms with Gasteiger partial charge in [0, 0.05) is 28.8 Å². The van der Waals surface area contributed by atoms with Crippen LogP contribution in [0.2, 0.25) is 5.02 Å². The van der Waals surface area contributed by atoms with Crippen LogP contribution in [0.25, 0.3) is 17.1 Å². The van der Waals surface area contributed by atoms with E-state index in [1.165, 1.54) is 25.2 Å². The number of hydrogen-bond donors (Lipinski definition) is 1. The molecule has 0 aliphatic heterocycles. The topological polar surface area (TPSA) is 73.5 Å². The third-order valence-corrected chi connectivity index (χ3v) is 5.89. The molecule has 1 fully saturated rings. The Hall–Kier alpha value is -3.33. The fourth-order valence-corrected chi connectivity index (χ4v) is 3.91. The number of aryl methyl sites for hydroxylation is 1. The number of benzene rings is 1. The van der Waals surface area contributed by atoms with Crippen LogP contribution in [0.15, 0.2) is 42.7 Å². The van der Waals surface area contributed by atoms with Gasteiger partial charge in [0.25, 0.3) is 6.43 Å². The molecule has 0 unspecified atom stereocenters. The number of aromatic nitrogens is 6. The Kier molecular flexibility index (Phi) is 5.57. The molecule has 1 N–H and O–H groups in total. The Morgan fingerprint density at radius 1 is 1.09 bits per heavy atom. The molecule has 7 nitrogen and oxygen atoms in total. The molecule has 1 aliphatic carbocycles. The SMILES string of the molecule is Cc1cc(C(F)F)n(-c2cc(Nc3c(C)c(-c4ccc(Cl)cc4)nn3CC3CC3)ncn2)n1. The summed E-state index contributed by atoms with van der Waals surface area (Å²) in [5.41, 5.74) is 3.06. The van der Waals surface area contributed by atoms with Gasteiger partial charge in [-0.25, -0.2) is 28.1 Å². The van der Waals surface area contributed by atoms with Crippen LogP contribution in [-0.4, -0.2) is 29.5 Å². The Morgan fingerprint density at radius 2 is 1.85 bits per heavy atom. The van der Waals surface area contributed by atoms with Crippen LogP contribution in [0.5, 0.6) is 0 Å². The first-order chi connectivity index (χ1) is 15.9. The molecule has 4 aromatic rings. The second kappa shape index (κ2) is 8.55. The molecule has 0 radical (unpaired) electrons. The van der Waals surface area contributed by atoms with Gasteiger partial charge < -0.3 is 5.32 Å². The quantitative estimate of drug-likeness (QED) is 0.365. The van der Waals surface area contributed by atoms with Crippen molar-refractivity contribution in [2.75, 3.05) is 5.32 Å². The molecular formula is C23H22ClF2N7. The van der Waals surface area contributed by atoms with E-state index in [1.807, 2.05) is 35.9 Å². The third-order valence-electron chi connectivity index (χ3n) is 5.63. The van der Waals surface area contributed by atoms with Crippen molar-refractivity contribution in [3.8, 4) is 17.1 Å². The predicted octanol–water partition coefficient (Wildman–Crippen LogP) is 5.89. The van der Waals surface area contributed by atoms with Crippen LogP contribution in [0.4, 0.5) is 20.4 Å². The van der Waals surface area contributed by atoms with Gasteiger partial charge in [-0.2, -0.15) is 10.2 Å². The standard InChI is InChI=1S/C23H22ClF2N7/c1-13-9-18(22(25)26)33(30-13)20-10-19(27-12-28-20)29-23-14(2)21(16-5-7-17(24)8-6-16)31-32(23)11-15-3-4-15/h5-10,12,15,22H,3-4,11H2,1-2H3,(H,27,28,29). The molecule has 0 atom stereocenters. The highest BCUT2D eigenvalue weighted by Crippen LogP contribution is 2.36. The van der Waals surface area contributed by atoms with Gasteiger partial charge in [-0.15, -0.1) is 0 Å². The van der Waals surface area contributed by atoms with Crippen LogP contribution >= 0.6 is 11.6 Å². The monoisotopic (exact) mass is 469 g/mol. The van der Waals surface area contributed by atoms with E-state index in [1.54, 1.807) is 13.0 Å². The van der Waals surface area contributed by atoms with Crippen molar-refractivity contribution >= 4 is 23.2 Å². The average Bonchev–Trinajstić information content (AvgIpc) is 3.45. The van der Waals surface area contributed by atoms with E-state index in [0.29, 0.717) is 22.5 Å². The highest BCUT2D eigenvalue weighted by molar-refractivity contribution is 6.30.